The van der Waals surface area contributed by atoms with Gasteiger partial charge in [-0.3, -0.25) is 0 Å². The summed E-state index contributed by atoms with van der Waals surface area (Å²) in [5, 5.41) is 11.9. The van der Waals surface area contributed by atoms with Gasteiger partial charge in [0.15, 0.2) is 0 Å². The highest BCUT2D eigenvalue weighted by Crippen LogP contribution is 2.57. The van der Waals surface area contributed by atoms with Crippen molar-refractivity contribution in [2.24, 2.45) is 29.6 Å². The van der Waals surface area contributed by atoms with E-state index in [1.54, 1.807) is 11.3 Å². The van der Waals surface area contributed by atoms with E-state index in [2.05, 4.69) is 18.8 Å². The van der Waals surface area contributed by atoms with E-state index in [-0.39, 0.29) is 6.10 Å². The van der Waals surface area contributed by atoms with E-state index in [4.69, 9.17) is 0 Å². The molecule has 20 heavy (non-hydrogen) atoms. The Morgan fingerprint density at radius 2 is 1.70 bits per heavy atom. The van der Waals surface area contributed by atoms with Gasteiger partial charge in [0.05, 0.1) is 16.8 Å². The predicted octanol–water partition coefficient (Wildman–Crippen LogP) is 3.74. The van der Waals surface area contributed by atoms with Crippen LogP contribution in [0.5, 0.6) is 0 Å². The highest BCUT2D eigenvalue weighted by molar-refractivity contribution is 7.11. The number of aryl methyl sites for hydroxylation is 2. The Balaban J connectivity index is 1.49. The first kappa shape index (κ1) is 13.3. The van der Waals surface area contributed by atoms with Crippen LogP contribution in [0.1, 0.15) is 47.7 Å². The van der Waals surface area contributed by atoms with E-state index in [0.29, 0.717) is 5.92 Å². The molecule has 1 atom stereocenters. The summed E-state index contributed by atoms with van der Waals surface area (Å²) >= 11 is 1.77. The van der Waals surface area contributed by atoms with Gasteiger partial charge in [0.1, 0.15) is 0 Å². The van der Waals surface area contributed by atoms with Gasteiger partial charge in [-0.25, -0.2) is 4.98 Å². The van der Waals surface area contributed by atoms with Crippen LogP contribution in [-0.2, 0) is 6.42 Å². The minimum atomic E-state index is -0.157. The Bertz CT molecular complexity index is 462. The minimum absolute atomic E-state index is 0.157. The summed E-state index contributed by atoms with van der Waals surface area (Å²) in [5.41, 5.74) is 1.14. The van der Waals surface area contributed by atoms with Crippen LogP contribution in [-0.4, -0.2) is 16.2 Å². The summed E-state index contributed by atoms with van der Waals surface area (Å²) in [6, 6.07) is 0. The molecule has 4 aliphatic carbocycles. The molecule has 4 saturated carbocycles. The van der Waals surface area contributed by atoms with Crippen molar-refractivity contribution in [3.8, 4) is 0 Å². The Morgan fingerprint density at radius 1 is 1.10 bits per heavy atom. The minimum Gasteiger partial charge on any atom is -0.392 e. The lowest BCUT2D eigenvalue weighted by molar-refractivity contribution is -0.0887. The molecule has 1 N–H and O–H groups in total. The monoisotopic (exact) mass is 291 g/mol. The van der Waals surface area contributed by atoms with E-state index in [0.717, 1.165) is 40.8 Å². The van der Waals surface area contributed by atoms with Crippen molar-refractivity contribution in [3.63, 3.8) is 0 Å². The first-order chi connectivity index (χ1) is 9.60. The van der Waals surface area contributed by atoms with Crippen molar-refractivity contribution < 1.29 is 5.11 Å². The number of hydrogen-bond donors (Lipinski definition) is 1. The van der Waals surface area contributed by atoms with Gasteiger partial charge in [-0.15, -0.1) is 11.3 Å². The van der Waals surface area contributed by atoms with Gasteiger partial charge in [-0.2, -0.15) is 0 Å². The Hall–Kier alpha value is -0.410. The molecule has 4 fully saturated rings. The third-order valence-electron chi connectivity index (χ3n) is 6.20. The quantitative estimate of drug-likeness (QED) is 0.920. The maximum atomic E-state index is 10.8. The third kappa shape index (κ3) is 2.14. The topological polar surface area (TPSA) is 33.1 Å². The fourth-order valence-electron chi connectivity index (χ4n) is 5.54. The zero-order valence-electron chi connectivity index (χ0n) is 12.5. The normalized spacial score (nSPS) is 40.2. The fraction of sp³-hybridized carbons (Fsp3) is 0.824. The van der Waals surface area contributed by atoms with Crippen LogP contribution in [0.2, 0.25) is 0 Å². The van der Waals surface area contributed by atoms with E-state index >= 15 is 0 Å². The van der Waals surface area contributed by atoms with Gasteiger partial charge in [0.2, 0.25) is 0 Å². The molecule has 0 aromatic carbocycles. The average molecular weight is 291 g/mol. The van der Waals surface area contributed by atoms with Crippen LogP contribution in [0.15, 0.2) is 0 Å². The summed E-state index contributed by atoms with van der Waals surface area (Å²) in [6.45, 7) is 4.20. The smallest absolute Gasteiger partial charge is 0.0956 e. The number of aromatic nitrogens is 1. The zero-order chi connectivity index (χ0) is 13.9. The molecule has 5 rings (SSSR count). The maximum absolute atomic E-state index is 10.8. The molecule has 1 unspecified atom stereocenters. The second kappa shape index (κ2) is 4.81. The van der Waals surface area contributed by atoms with Gasteiger partial charge in [0.25, 0.3) is 0 Å². The zero-order valence-corrected chi connectivity index (χ0v) is 13.3. The number of hydrogen-bond acceptors (Lipinski definition) is 3. The van der Waals surface area contributed by atoms with E-state index in [1.807, 2.05) is 0 Å². The van der Waals surface area contributed by atoms with Crippen LogP contribution < -0.4 is 0 Å². The summed E-state index contributed by atoms with van der Waals surface area (Å²) < 4.78 is 0. The van der Waals surface area contributed by atoms with E-state index in [1.165, 1.54) is 37.0 Å². The number of aliphatic hydroxyl groups excluding tert-OH is 1. The molecular weight excluding hydrogens is 266 g/mol. The Labute approximate surface area is 125 Å². The van der Waals surface area contributed by atoms with Crippen LogP contribution >= 0.6 is 11.3 Å². The van der Waals surface area contributed by atoms with Crippen molar-refractivity contribution in [3.05, 3.63) is 15.6 Å². The summed E-state index contributed by atoms with van der Waals surface area (Å²) in [5.74, 6) is 4.16. The van der Waals surface area contributed by atoms with Gasteiger partial charge in [-0.1, -0.05) is 0 Å². The number of nitrogens with zero attached hydrogens (tertiary/aromatic N) is 1. The molecule has 1 aromatic heterocycles. The van der Waals surface area contributed by atoms with Crippen LogP contribution in [0.25, 0.3) is 0 Å². The van der Waals surface area contributed by atoms with Gasteiger partial charge in [-0.05, 0) is 75.5 Å². The average Bonchev–Trinajstić information content (AvgIpc) is 2.66. The summed E-state index contributed by atoms with van der Waals surface area (Å²) in [4.78, 5) is 5.92. The highest BCUT2D eigenvalue weighted by Gasteiger charge is 2.50. The first-order valence-electron chi connectivity index (χ1n) is 8.21. The molecule has 0 radical (unpaired) electrons. The van der Waals surface area contributed by atoms with E-state index < -0.39 is 0 Å². The van der Waals surface area contributed by atoms with Gasteiger partial charge >= 0.3 is 0 Å². The van der Waals surface area contributed by atoms with Crippen molar-refractivity contribution in [1.82, 2.24) is 4.98 Å². The molecule has 1 aromatic rings. The number of rotatable bonds is 3. The molecular formula is C17H25NOS. The molecule has 4 aliphatic rings. The van der Waals surface area contributed by atoms with Crippen LogP contribution in [0.3, 0.4) is 0 Å². The largest absolute Gasteiger partial charge is 0.392 e. The summed E-state index contributed by atoms with van der Waals surface area (Å²) in [7, 11) is 0. The standard InChI is InChI=1S/C17H25NOS/c1-9-10(2)20-16(18-9)8-15(19)17-13-4-11-3-12(6-13)7-14(17)5-11/h11-15,17,19H,3-8H2,1-2H3. The van der Waals surface area contributed by atoms with Gasteiger partial charge < -0.3 is 5.11 Å². The molecule has 2 nitrogen and oxygen atoms in total. The molecule has 1 heterocycles. The maximum Gasteiger partial charge on any atom is 0.0956 e. The second-order valence-electron chi connectivity index (χ2n) is 7.53. The van der Waals surface area contributed by atoms with Crippen LogP contribution in [0, 0.1) is 43.4 Å². The molecule has 0 saturated heterocycles. The molecule has 0 amide bonds. The lowest BCUT2D eigenvalue weighted by Crippen LogP contribution is -2.49. The van der Waals surface area contributed by atoms with Crippen molar-refractivity contribution >= 4 is 11.3 Å². The van der Waals surface area contributed by atoms with Crippen molar-refractivity contribution in [2.45, 2.75) is 58.5 Å². The van der Waals surface area contributed by atoms with E-state index in [9.17, 15) is 5.11 Å². The molecule has 0 aliphatic heterocycles. The fourth-order valence-corrected chi connectivity index (χ4v) is 6.52. The van der Waals surface area contributed by atoms with Crippen molar-refractivity contribution in [1.29, 1.82) is 0 Å². The number of aliphatic hydroxyl groups is 1. The Morgan fingerprint density at radius 3 is 2.20 bits per heavy atom. The second-order valence-corrected chi connectivity index (χ2v) is 8.82. The molecule has 110 valence electrons. The SMILES string of the molecule is Cc1nc(CC(O)C2C3CC4CC(C3)CC2C4)sc1C. The van der Waals surface area contributed by atoms with Crippen LogP contribution in [0.4, 0.5) is 0 Å². The Kier molecular flexibility index (Phi) is 3.19. The predicted molar refractivity (Wildman–Crippen MR) is 81.8 cm³/mol. The van der Waals surface area contributed by atoms with Crippen molar-refractivity contribution in [2.75, 3.05) is 0 Å². The summed E-state index contributed by atoms with van der Waals surface area (Å²) in [6.07, 6.45) is 7.69. The lowest BCUT2D eigenvalue weighted by atomic mass is 9.50. The highest BCUT2D eigenvalue weighted by atomic mass is 32.1. The number of thiazole rings is 1. The molecule has 3 heteroatoms. The lowest BCUT2D eigenvalue weighted by Gasteiger charge is -2.55. The third-order valence-corrected chi connectivity index (χ3v) is 7.30. The first-order valence-corrected chi connectivity index (χ1v) is 9.02. The molecule has 0 spiro atoms. The van der Waals surface area contributed by atoms with Gasteiger partial charge in [0, 0.05) is 11.3 Å². The molecule has 4 bridgehead atoms.